The van der Waals surface area contributed by atoms with Crippen molar-refractivity contribution in [3.8, 4) is 0 Å². The Morgan fingerprint density at radius 1 is 1.00 bits per heavy atom. The van der Waals surface area contributed by atoms with Crippen molar-refractivity contribution in [2.24, 2.45) is 11.7 Å². The van der Waals surface area contributed by atoms with Crippen LogP contribution in [-0.2, 0) is 13.0 Å². The summed E-state index contributed by atoms with van der Waals surface area (Å²) in [5.74, 6) is 1.28. The lowest BCUT2D eigenvalue weighted by atomic mass is 9.91. The number of anilines is 1. The molecule has 1 aliphatic heterocycles. The zero-order valence-corrected chi connectivity index (χ0v) is 16.3. The van der Waals surface area contributed by atoms with Crippen LogP contribution in [0.1, 0.15) is 72.0 Å². The minimum absolute atomic E-state index is 0.344. The Labute approximate surface area is 162 Å². The molecule has 0 bridgehead atoms. The summed E-state index contributed by atoms with van der Waals surface area (Å²) in [7, 11) is 0. The summed E-state index contributed by atoms with van der Waals surface area (Å²) in [5.41, 5.74) is 11.4. The number of carbonyl (C=O) groups excluding carboxylic acids is 1. The van der Waals surface area contributed by atoms with Gasteiger partial charge in [0.15, 0.2) is 0 Å². The number of nitrogens with two attached hydrogens (primary N) is 1. The molecule has 2 aromatic carbocycles. The fourth-order valence-electron chi connectivity index (χ4n) is 4.70. The van der Waals surface area contributed by atoms with Crippen LogP contribution in [0.15, 0.2) is 42.5 Å². The number of hydrogen-bond acceptors (Lipinski definition) is 2. The molecule has 2 N–H and O–H groups in total. The second-order valence-electron chi connectivity index (χ2n) is 8.42. The van der Waals surface area contributed by atoms with Crippen LogP contribution in [0.4, 0.5) is 5.69 Å². The maximum absolute atomic E-state index is 11.4. The van der Waals surface area contributed by atoms with E-state index in [0.717, 1.165) is 31.3 Å². The van der Waals surface area contributed by atoms with Gasteiger partial charge in [0.2, 0.25) is 5.91 Å². The number of fused-ring (bicyclic) bond motifs is 1. The number of primary amides is 1. The summed E-state index contributed by atoms with van der Waals surface area (Å²) in [6.45, 7) is 4.27. The summed E-state index contributed by atoms with van der Waals surface area (Å²) in [6.07, 6.45) is 7.74. The maximum Gasteiger partial charge on any atom is 0.248 e. The Morgan fingerprint density at radius 3 is 2.59 bits per heavy atom. The van der Waals surface area contributed by atoms with Crippen molar-refractivity contribution in [3.05, 3.63) is 64.7 Å². The van der Waals surface area contributed by atoms with Crippen molar-refractivity contribution in [1.82, 2.24) is 0 Å². The van der Waals surface area contributed by atoms with E-state index in [9.17, 15) is 4.79 Å². The molecule has 3 nitrogen and oxygen atoms in total. The van der Waals surface area contributed by atoms with Gasteiger partial charge in [-0.2, -0.15) is 0 Å². The molecule has 1 saturated carbocycles. The molecule has 1 amide bonds. The molecule has 1 aliphatic carbocycles. The van der Waals surface area contributed by atoms with Gasteiger partial charge >= 0.3 is 0 Å². The van der Waals surface area contributed by atoms with E-state index >= 15 is 0 Å². The standard InChI is InChI=1S/C24H30N2O/c1-17-3-2-4-18(6-5-17)19-9-11-23(12-10-19)26-14-13-20-15-21(24(25)27)7-8-22(20)16-26/h7-12,15,17-18H,2-6,13-14,16H2,1H3,(H2,25,27). The molecule has 0 radical (unpaired) electrons. The summed E-state index contributed by atoms with van der Waals surface area (Å²) in [6, 6.07) is 15.2. The molecule has 2 unspecified atom stereocenters. The largest absolute Gasteiger partial charge is 0.367 e. The van der Waals surface area contributed by atoms with E-state index < -0.39 is 0 Å². The number of nitrogens with zero attached hydrogens (tertiary/aromatic N) is 1. The highest BCUT2D eigenvalue weighted by molar-refractivity contribution is 5.93. The van der Waals surface area contributed by atoms with Crippen molar-refractivity contribution < 1.29 is 4.79 Å². The van der Waals surface area contributed by atoms with Gasteiger partial charge in [0, 0.05) is 24.3 Å². The van der Waals surface area contributed by atoms with E-state index in [2.05, 4.69) is 42.2 Å². The van der Waals surface area contributed by atoms with Gasteiger partial charge in [0.1, 0.15) is 0 Å². The number of hydrogen-bond donors (Lipinski definition) is 1. The first-order chi connectivity index (χ1) is 13.1. The highest BCUT2D eigenvalue weighted by Gasteiger charge is 2.20. The van der Waals surface area contributed by atoms with Crippen LogP contribution >= 0.6 is 0 Å². The van der Waals surface area contributed by atoms with Crippen LogP contribution in [0.3, 0.4) is 0 Å². The molecular formula is C24H30N2O. The van der Waals surface area contributed by atoms with E-state index in [1.165, 1.54) is 54.5 Å². The Kier molecular flexibility index (Phi) is 5.20. The van der Waals surface area contributed by atoms with E-state index in [1.807, 2.05) is 12.1 Å². The molecule has 3 heteroatoms. The Hall–Kier alpha value is -2.29. The van der Waals surface area contributed by atoms with Crippen molar-refractivity contribution in [2.75, 3.05) is 11.4 Å². The molecular weight excluding hydrogens is 332 g/mol. The summed E-state index contributed by atoms with van der Waals surface area (Å²) < 4.78 is 0. The van der Waals surface area contributed by atoms with Crippen molar-refractivity contribution >= 4 is 11.6 Å². The Balaban J connectivity index is 1.46. The van der Waals surface area contributed by atoms with Gasteiger partial charge in [-0.05, 0) is 72.1 Å². The molecule has 2 atom stereocenters. The lowest BCUT2D eigenvalue weighted by molar-refractivity contribution is 0.1000. The molecule has 1 fully saturated rings. The molecule has 2 aromatic rings. The lowest BCUT2D eigenvalue weighted by Crippen LogP contribution is -2.30. The van der Waals surface area contributed by atoms with E-state index in [-0.39, 0.29) is 5.91 Å². The highest BCUT2D eigenvalue weighted by atomic mass is 16.1. The van der Waals surface area contributed by atoms with Crippen LogP contribution in [0.25, 0.3) is 0 Å². The van der Waals surface area contributed by atoms with E-state index in [0.29, 0.717) is 5.56 Å². The van der Waals surface area contributed by atoms with Gasteiger partial charge in [0.05, 0.1) is 0 Å². The molecule has 0 saturated heterocycles. The van der Waals surface area contributed by atoms with Crippen molar-refractivity contribution in [2.45, 2.75) is 57.9 Å². The van der Waals surface area contributed by atoms with E-state index in [4.69, 9.17) is 5.73 Å². The quantitative estimate of drug-likeness (QED) is 0.778. The molecule has 27 heavy (non-hydrogen) atoms. The molecule has 1 heterocycles. The lowest BCUT2D eigenvalue weighted by Gasteiger charge is -2.31. The summed E-state index contributed by atoms with van der Waals surface area (Å²) in [5, 5.41) is 0. The monoisotopic (exact) mass is 362 g/mol. The Bertz CT molecular complexity index is 812. The minimum Gasteiger partial charge on any atom is -0.367 e. The normalized spacial score (nSPS) is 22.8. The fourth-order valence-corrected chi connectivity index (χ4v) is 4.70. The number of rotatable bonds is 3. The van der Waals surface area contributed by atoms with Gasteiger partial charge < -0.3 is 10.6 Å². The smallest absolute Gasteiger partial charge is 0.248 e. The number of carbonyl (C=O) groups is 1. The third kappa shape index (κ3) is 4.02. The summed E-state index contributed by atoms with van der Waals surface area (Å²) in [4.78, 5) is 13.8. The predicted molar refractivity (Wildman–Crippen MR) is 111 cm³/mol. The fraction of sp³-hybridized carbons (Fsp3) is 0.458. The van der Waals surface area contributed by atoms with Crippen molar-refractivity contribution in [1.29, 1.82) is 0 Å². The molecule has 4 rings (SSSR count). The first kappa shape index (κ1) is 18.1. The highest BCUT2D eigenvalue weighted by Crippen LogP contribution is 2.35. The summed E-state index contributed by atoms with van der Waals surface area (Å²) >= 11 is 0. The van der Waals surface area contributed by atoms with Crippen LogP contribution in [0.5, 0.6) is 0 Å². The molecule has 142 valence electrons. The molecule has 0 aromatic heterocycles. The number of benzene rings is 2. The zero-order valence-electron chi connectivity index (χ0n) is 16.3. The molecule has 0 spiro atoms. The average molecular weight is 363 g/mol. The second kappa shape index (κ2) is 7.75. The Morgan fingerprint density at radius 2 is 1.81 bits per heavy atom. The zero-order chi connectivity index (χ0) is 18.8. The minimum atomic E-state index is -0.344. The van der Waals surface area contributed by atoms with Gasteiger partial charge in [-0.15, -0.1) is 0 Å². The third-order valence-corrected chi connectivity index (χ3v) is 6.49. The predicted octanol–water partition coefficient (Wildman–Crippen LogP) is 5.03. The number of amides is 1. The van der Waals surface area contributed by atoms with Crippen LogP contribution in [0, 0.1) is 5.92 Å². The van der Waals surface area contributed by atoms with Crippen molar-refractivity contribution in [3.63, 3.8) is 0 Å². The van der Waals surface area contributed by atoms with Gasteiger partial charge in [-0.1, -0.05) is 44.4 Å². The van der Waals surface area contributed by atoms with E-state index in [1.54, 1.807) is 0 Å². The molecule has 2 aliphatic rings. The third-order valence-electron chi connectivity index (χ3n) is 6.49. The first-order valence-electron chi connectivity index (χ1n) is 10.4. The average Bonchev–Trinajstić information content (AvgIpc) is 2.92. The maximum atomic E-state index is 11.4. The SMILES string of the molecule is CC1CCCC(c2ccc(N3CCc4cc(C(N)=O)ccc4C3)cc2)CC1. The van der Waals surface area contributed by atoms with Crippen LogP contribution < -0.4 is 10.6 Å². The van der Waals surface area contributed by atoms with Crippen LogP contribution in [0.2, 0.25) is 0 Å². The van der Waals surface area contributed by atoms with Crippen LogP contribution in [-0.4, -0.2) is 12.5 Å². The topological polar surface area (TPSA) is 46.3 Å². The van der Waals surface area contributed by atoms with Gasteiger partial charge in [-0.25, -0.2) is 0 Å². The second-order valence-corrected chi connectivity index (χ2v) is 8.42. The van der Waals surface area contributed by atoms with Gasteiger partial charge in [-0.3, -0.25) is 4.79 Å². The van der Waals surface area contributed by atoms with Gasteiger partial charge in [0.25, 0.3) is 0 Å². The first-order valence-corrected chi connectivity index (χ1v) is 10.4.